The molecule has 1 amide bonds. The third-order valence-corrected chi connectivity index (χ3v) is 3.85. The zero-order valence-electron chi connectivity index (χ0n) is 12.3. The summed E-state index contributed by atoms with van der Waals surface area (Å²) in [5.41, 5.74) is 0.134. The van der Waals surface area contributed by atoms with E-state index in [-0.39, 0.29) is 17.0 Å². The minimum atomic E-state index is -0.842. The third kappa shape index (κ3) is 2.58. The Morgan fingerprint density at radius 1 is 1.32 bits per heavy atom. The van der Waals surface area contributed by atoms with Gasteiger partial charge in [0, 0.05) is 19.2 Å². The molecule has 1 unspecified atom stereocenters. The van der Waals surface area contributed by atoms with Crippen LogP contribution in [0, 0.1) is 25.5 Å². The Kier molecular flexibility index (Phi) is 3.64. The smallest absolute Gasteiger partial charge is 0.256 e. The molecular formula is C15H15F2N3O2. The number of hydrogen-bond acceptors (Lipinski definition) is 4. The summed E-state index contributed by atoms with van der Waals surface area (Å²) in [4.78, 5) is 18.1. The minimum Gasteiger partial charge on any atom is -0.339 e. The van der Waals surface area contributed by atoms with E-state index in [9.17, 15) is 13.6 Å². The average Bonchev–Trinajstić information content (AvgIpc) is 3.10. The minimum absolute atomic E-state index is 0.0465. The maximum Gasteiger partial charge on any atom is 0.256 e. The van der Waals surface area contributed by atoms with Crippen molar-refractivity contribution in [3.8, 4) is 0 Å². The van der Waals surface area contributed by atoms with Crippen molar-refractivity contribution in [3.63, 3.8) is 0 Å². The first kappa shape index (κ1) is 14.6. The third-order valence-electron chi connectivity index (χ3n) is 3.85. The summed E-state index contributed by atoms with van der Waals surface area (Å²) >= 11 is 0. The lowest BCUT2D eigenvalue weighted by molar-refractivity contribution is 0.0784. The summed E-state index contributed by atoms with van der Waals surface area (Å²) in [5, 5.41) is 3.73. The Labute approximate surface area is 125 Å². The molecule has 0 radical (unpaired) electrons. The molecule has 0 bridgehead atoms. The molecule has 22 heavy (non-hydrogen) atoms. The van der Waals surface area contributed by atoms with Crippen molar-refractivity contribution in [1.82, 2.24) is 15.0 Å². The van der Waals surface area contributed by atoms with Gasteiger partial charge in [-0.1, -0.05) is 5.16 Å². The molecule has 0 N–H and O–H groups in total. The zero-order chi connectivity index (χ0) is 15.9. The van der Waals surface area contributed by atoms with Gasteiger partial charge in [0.2, 0.25) is 5.89 Å². The van der Waals surface area contributed by atoms with E-state index < -0.39 is 17.5 Å². The molecule has 3 rings (SSSR count). The lowest BCUT2D eigenvalue weighted by Crippen LogP contribution is -2.29. The van der Waals surface area contributed by atoms with Gasteiger partial charge in [0.05, 0.1) is 11.5 Å². The van der Waals surface area contributed by atoms with Crippen LogP contribution in [0.2, 0.25) is 0 Å². The van der Waals surface area contributed by atoms with Crippen LogP contribution in [0.1, 0.15) is 40.0 Å². The second-order valence-electron chi connectivity index (χ2n) is 5.50. The molecule has 1 aromatic heterocycles. The van der Waals surface area contributed by atoms with Gasteiger partial charge in [-0.25, -0.2) is 8.78 Å². The van der Waals surface area contributed by atoms with E-state index >= 15 is 0 Å². The van der Waals surface area contributed by atoms with E-state index in [0.717, 1.165) is 6.07 Å². The van der Waals surface area contributed by atoms with E-state index in [2.05, 4.69) is 10.1 Å². The predicted molar refractivity (Wildman–Crippen MR) is 73.4 cm³/mol. The highest BCUT2D eigenvalue weighted by Crippen LogP contribution is 2.27. The lowest BCUT2D eigenvalue weighted by atomic mass is 10.1. The molecule has 0 aliphatic carbocycles. The Hall–Kier alpha value is -2.31. The number of amides is 1. The highest BCUT2D eigenvalue weighted by molar-refractivity contribution is 5.95. The number of likely N-dealkylation sites (tertiary alicyclic amines) is 1. The fourth-order valence-corrected chi connectivity index (χ4v) is 2.62. The van der Waals surface area contributed by atoms with Gasteiger partial charge in [-0.3, -0.25) is 4.79 Å². The van der Waals surface area contributed by atoms with E-state index in [4.69, 9.17) is 4.52 Å². The first-order valence-electron chi connectivity index (χ1n) is 7.01. The van der Waals surface area contributed by atoms with Gasteiger partial charge in [0.25, 0.3) is 5.91 Å². The topological polar surface area (TPSA) is 59.2 Å². The van der Waals surface area contributed by atoms with Crippen LogP contribution in [0.3, 0.4) is 0 Å². The van der Waals surface area contributed by atoms with Crippen LogP contribution >= 0.6 is 0 Å². The summed E-state index contributed by atoms with van der Waals surface area (Å²) in [5.74, 6) is -0.961. The summed E-state index contributed by atoms with van der Waals surface area (Å²) < 4.78 is 32.2. The van der Waals surface area contributed by atoms with E-state index in [0.29, 0.717) is 31.2 Å². The first-order valence-corrected chi connectivity index (χ1v) is 7.01. The van der Waals surface area contributed by atoms with Gasteiger partial charge >= 0.3 is 0 Å². The first-order chi connectivity index (χ1) is 10.5. The van der Waals surface area contributed by atoms with Crippen LogP contribution in [0.25, 0.3) is 0 Å². The quantitative estimate of drug-likeness (QED) is 0.855. The van der Waals surface area contributed by atoms with Crippen molar-refractivity contribution in [1.29, 1.82) is 0 Å². The number of benzene rings is 1. The maximum atomic E-state index is 13.8. The Morgan fingerprint density at radius 3 is 2.77 bits per heavy atom. The van der Waals surface area contributed by atoms with Crippen molar-refractivity contribution in [2.75, 3.05) is 13.1 Å². The zero-order valence-corrected chi connectivity index (χ0v) is 12.3. The molecule has 1 atom stereocenters. The summed E-state index contributed by atoms with van der Waals surface area (Å²) in [6.07, 6.45) is 0.676. The number of hydrogen-bond donors (Lipinski definition) is 0. The van der Waals surface area contributed by atoms with Crippen molar-refractivity contribution in [2.24, 2.45) is 0 Å². The highest BCUT2D eigenvalue weighted by atomic mass is 19.1. The number of nitrogens with zero attached hydrogens (tertiary/aromatic N) is 3. The second-order valence-corrected chi connectivity index (χ2v) is 5.50. The van der Waals surface area contributed by atoms with Gasteiger partial charge < -0.3 is 9.42 Å². The van der Waals surface area contributed by atoms with Crippen LogP contribution in [0.15, 0.2) is 16.7 Å². The van der Waals surface area contributed by atoms with Crippen LogP contribution in [0.4, 0.5) is 8.78 Å². The Bertz CT molecular complexity index is 730. The van der Waals surface area contributed by atoms with Gasteiger partial charge in [-0.15, -0.1) is 0 Å². The van der Waals surface area contributed by atoms with E-state index in [1.165, 1.54) is 17.9 Å². The molecule has 116 valence electrons. The molecule has 1 aromatic carbocycles. The van der Waals surface area contributed by atoms with Gasteiger partial charge in [-0.05, 0) is 31.9 Å². The second kappa shape index (κ2) is 5.47. The van der Waals surface area contributed by atoms with Crippen molar-refractivity contribution in [2.45, 2.75) is 26.2 Å². The fourth-order valence-electron chi connectivity index (χ4n) is 2.62. The number of carbonyl (C=O) groups is 1. The predicted octanol–water partition coefficient (Wildman–Crippen LogP) is 2.59. The van der Waals surface area contributed by atoms with Crippen LogP contribution in [-0.4, -0.2) is 34.0 Å². The molecule has 1 fully saturated rings. The Balaban J connectivity index is 1.78. The molecular weight excluding hydrogens is 292 g/mol. The van der Waals surface area contributed by atoms with Gasteiger partial charge in [0.15, 0.2) is 5.82 Å². The van der Waals surface area contributed by atoms with Crippen LogP contribution < -0.4 is 0 Å². The summed E-state index contributed by atoms with van der Waals surface area (Å²) in [6.45, 7) is 4.08. The van der Waals surface area contributed by atoms with Crippen LogP contribution in [-0.2, 0) is 0 Å². The number of aryl methyl sites for hydroxylation is 2. The Morgan fingerprint density at radius 2 is 2.09 bits per heavy atom. The van der Waals surface area contributed by atoms with Crippen LogP contribution in [0.5, 0.6) is 0 Å². The monoisotopic (exact) mass is 307 g/mol. The highest BCUT2D eigenvalue weighted by Gasteiger charge is 2.32. The summed E-state index contributed by atoms with van der Waals surface area (Å²) in [7, 11) is 0. The van der Waals surface area contributed by atoms with Gasteiger partial charge in [-0.2, -0.15) is 4.98 Å². The van der Waals surface area contributed by atoms with Crippen molar-refractivity contribution >= 4 is 5.91 Å². The molecule has 1 saturated heterocycles. The normalized spacial score (nSPS) is 18.0. The molecule has 2 aromatic rings. The lowest BCUT2D eigenvalue weighted by Gasteiger charge is -2.16. The molecule has 0 saturated carbocycles. The molecule has 2 heterocycles. The number of rotatable bonds is 2. The molecule has 7 heteroatoms. The molecule has 5 nitrogen and oxygen atoms in total. The maximum absolute atomic E-state index is 13.8. The number of aromatic nitrogens is 2. The summed E-state index contributed by atoms with van der Waals surface area (Å²) in [6, 6.07) is 1.99. The van der Waals surface area contributed by atoms with E-state index in [1.807, 2.05) is 0 Å². The van der Waals surface area contributed by atoms with Crippen molar-refractivity contribution < 1.29 is 18.1 Å². The standard InChI is InChI=1S/C15H15F2N3O2/c1-8-5-11(13(17)6-12(8)16)15(21)20-4-3-10(7-20)14-18-9(2)19-22-14/h5-6,10H,3-4,7H2,1-2H3. The van der Waals surface area contributed by atoms with Crippen molar-refractivity contribution in [3.05, 3.63) is 46.6 Å². The molecule has 0 spiro atoms. The number of carbonyl (C=O) groups excluding carboxylic acids is 1. The van der Waals surface area contributed by atoms with E-state index in [1.54, 1.807) is 6.92 Å². The molecule has 1 aliphatic rings. The number of halogens is 2. The SMILES string of the molecule is Cc1noc(C2CCN(C(=O)c3cc(C)c(F)cc3F)C2)n1. The largest absolute Gasteiger partial charge is 0.339 e. The van der Waals surface area contributed by atoms with Gasteiger partial charge in [0.1, 0.15) is 11.6 Å². The average molecular weight is 307 g/mol. The molecule has 1 aliphatic heterocycles. The fraction of sp³-hybridized carbons (Fsp3) is 0.400.